The Kier molecular flexibility index (Phi) is 11.2. The van der Waals surface area contributed by atoms with Crippen LogP contribution in [0.2, 0.25) is 0 Å². The molecule has 0 amide bonds. The van der Waals surface area contributed by atoms with E-state index in [4.69, 9.17) is 4.74 Å². The molecule has 0 saturated heterocycles. The molecule has 0 aliphatic rings. The highest BCUT2D eigenvalue weighted by Crippen LogP contribution is 2.40. The van der Waals surface area contributed by atoms with Crippen LogP contribution in [-0.4, -0.2) is 15.8 Å². The normalized spacial score (nSPS) is 11.7. The summed E-state index contributed by atoms with van der Waals surface area (Å²) < 4.78 is 6.37. The van der Waals surface area contributed by atoms with E-state index in [0.717, 1.165) is 32.1 Å². The minimum Gasteiger partial charge on any atom is -0.504 e. The van der Waals surface area contributed by atoms with Gasteiger partial charge in [-0.1, -0.05) is 78.2 Å². The maximum absolute atomic E-state index is 10.2. The molecular formula is C23H40O3. The maximum atomic E-state index is 10.2. The lowest BCUT2D eigenvalue weighted by molar-refractivity contribution is 0.0377. The van der Waals surface area contributed by atoms with Crippen molar-refractivity contribution in [3.8, 4) is 17.2 Å². The van der Waals surface area contributed by atoms with Crippen LogP contribution in [-0.2, 0) is 0 Å². The van der Waals surface area contributed by atoms with Crippen LogP contribution in [0.1, 0.15) is 104 Å². The lowest BCUT2D eigenvalue weighted by Crippen LogP contribution is -2.35. The monoisotopic (exact) mass is 364 g/mol. The van der Waals surface area contributed by atoms with Crippen LogP contribution < -0.4 is 4.74 Å². The van der Waals surface area contributed by atoms with Gasteiger partial charge in [-0.05, 0) is 44.2 Å². The predicted molar refractivity (Wildman–Crippen MR) is 110 cm³/mol. The van der Waals surface area contributed by atoms with E-state index in [1.807, 2.05) is 0 Å². The molecule has 0 aliphatic heterocycles. The Morgan fingerprint density at radius 1 is 0.769 bits per heavy atom. The van der Waals surface area contributed by atoms with Crippen LogP contribution in [0.15, 0.2) is 18.2 Å². The first-order valence-corrected chi connectivity index (χ1v) is 10.8. The van der Waals surface area contributed by atoms with Crippen LogP contribution >= 0.6 is 0 Å². The van der Waals surface area contributed by atoms with Crippen molar-refractivity contribution in [3.63, 3.8) is 0 Å². The molecule has 2 N–H and O–H groups in total. The van der Waals surface area contributed by atoms with E-state index in [-0.39, 0.29) is 17.1 Å². The van der Waals surface area contributed by atoms with Gasteiger partial charge >= 0.3 is 0 Å². The molecule has 26 heavy (non-hydrogen) atoms. The highest BCUT2D eigenvalue weighted by Gasteiger charge is 2.30. The van der Waals surface area contributed by atoms with E-state index in [2.05, 4.69) is 20.8 Å². The number of aromatic hydroxyl groups is 2. The summed E-state index contributed by atoms with van der Waals surface area (Å²) in [6, 6.07) is 4.98. The van der Waals surface area contributed by atoms with Gasteiger partial charge in [-0.15, -0.1) is 0 Å². The maximum Gasteiger partial charge on any atom is 0.200 e. The van der Waals surface area contributed by atoms with Gasteiger partial charge in [-0.2, -0.15) is 0 Å². The lowest BCUT2D eigenvalue weighted by Gasteiger charge is -2.34. The first kappa shape index (κ1) is 22.7. The number of rotatable bonds is 15. The molecule has 0 heterocycles. The van der Waals surface area contributed by atoms with Crippen LogP contribution in [0.25, 0.3) is 0 Å². The van der Waals surface area contributed by atoms with Crippen molar-refractivity contribution in [3.05, 3.63) is 18.2 Å². The third-order valence-electron chi connectivity index (χ3n) is 5.42. The summed E-state index contributed by atoms with van der Waals surface area (Å²) in [7, 11) is 0. The van der Waals surface area contributed by atoms with E-state index < -0.39 is 0 Å². The van der Waals surface area contributed by atoms with E-state index >= 15 is 0 Å². The van der Waals surface area contributed by atoms with Gasteiger partial charge < -0.3 is 14.9 Å². The molecule has 1 aromatic rings. The number of benzene rings is 1. The largest absolute Gasteiger partial charge is 0.504 e. The highest BCUT2D eigenvalue weighted by atomic mass is 16.5. The van der Waals surface area contributed by atoms with E-state index in [1.165, 1.54) is 57.4 Å². The van der Waals surface area contributed by atoms with Crippen molar-refractivity contribution in [1.29, 1.82) is 0 Å². The predicted octanol–water partition coefficient (Wildman–Crippen LogP) is 7.35. The van der Waals surface area contributed by atoms with E-state index in [9.17, 15) is 10.2 Å². The van der Waals surface area contributed by atoms with Crippen LogP contribution in [0, 0.1) is 0 Å². The molecule has 0 spiro atoms. The number of para-hydroxylation sites is 1. The highest BCUT2D eigenvalue weighted by molar-refractivity contribution is 5.49. The zero-order chi connectivity index (χ0) is 19.3. The average Bonchev–Trinajstić information content (AvgIpc) is 2.64. The summed E-state index contributed by atoms with van der Waals surface area (Å²) in [5.41, 5.74) is -0.246. The number of phenols is 2. The van der Waals surface area contributed by atoms with Crippen molar-refractivity contribution in [2.24, 2.45) is 0 Å². The second-order valence-corrected chi connectivity index (χ2v) is 7.59. The first-order valence-electron chi connectivity index (χ1n) is 10.8. The molecule has 0 radical (unpaired) electrons. The summed E-state index contributed by atoms with van der Waals surface area (Å²) in [5.74, 6) is 0.162. The second kappa shape index (κ2) is 12.9. The van der Waals surface area contributed by atoms with Gasteiger partial charge in [0.15, 0.2) is 11.5 Å². The Bertz CT molecular complexity index is 470. The Balaban J connectivity index is 2.74. The van der Waals surface area contributed by atoms with Gasteiger partial charge in [0.05, 0.1) is 0 Å². The Hall–Kier alpha value is -1.38. The molecule has 1 aromatic carbocycles. The molecule has 0 bridgehead atoms. The van der Waals surface area contributed by atoms with E-state index in [1.54, 1.807) is 12.1 Å². The summed E-state index contributed by atoms with van der Waals surface area (Å²) >= 11 is 0. The van der Waals surface area contributed by atoms with Crippen molar-refractivity contribution in [2.75, 3.05) is 0 Å². The Morgan fingerprint density at radius 2 is 1.31 bits per heavy atom. The standard InChI is InChI=1S/C23H40O3/c1-4-7-9-11-13-18-23(6-3,19-14-12-10-8-5-2)26-21-17-15-16-20(24)22(21)25/h15-17,24-25H,4-14,18-19H2,1-3H3. The van der Waals surface area contributed by atoms with Crippen LogP contribution in [0.4, 0.5) is 0 Å². The molecule has 1 rings (SSSR count). The molecule has 3 heteroatoms. The fourth-order valence-electron chi connectivity index (χ4n) is 3.58. The van der Waals surface area contributed by atoms with Gasteiger partial charge in [0.1, 0.15) is 5.60 Å². The molecule has 0 fully saturated rings. The molecule has 0 aromatic heterocycles. The molecular weight excluding hydrogens is 324 g/mol. The van der Waals surface area contributed by atoms with Gasteiger partial charge in [0, 0.05) is 0 Å². The topological polar surface area (TPSA) is 49.7 Å². The zero-order valence-corrected chi connectivity index (χ0v) is 17.2. The van der Waals surface area contributed by atoms with Crippen molar-refractivity contribution >= 4 is 0 Å². The fourth-order valence-corrected chi connectivity index (χ4v) is 3.58. The summed E-state index contributed by atoms with van der Waals surface area (Å²) in [5, 5.41) is 20.0. The number of ether oxygens (including phenoxy) is 1. The minimum atomic E-state index is -0.246. The van der Waals surface area contributed by atoms with Crippen LogP contribution in [0.3, 0.4) is 0 Å². The molecule has 150 valence electrons. The van der Waals surface area contributed by atoms with Gasteiger partial charge in [0.25, 0.3) is 0 Å². The van der Waals surface area contributed by atoms with Crippen molar-refractivity contribution in [2.45, 2.75) is 110 Å². The molecule has 0 unspecified atom stereocenters. The smallest absolute Gasteiger partial charge is 0.200 e. The summed E-state index contributed by atoms with van der Waals surface area (Å²) in [6.45, 7) is 6.65. The van der Waals surface area contributed by atoms with Crippen molar-refractivity contribution in [1.82, 2.24) is 0 Å². The Morgan fingerprint density at radius 3 is 1.81 bits per heavy atom. The number of phenolic OH excluding ortho intramolecular Hbond substituents is 2. The fraction of sp³-hybridized carbons (Fsp3) is 0.739. The number of unbranched alkanes of at least 4 members (excludes halogenated alkanes) is 8. The lowest BCUT2D eigenvalue weighted by atomic mass is 9.87. The molecule has 0 atom stereocenters. The quantitative estimate of drug-likeness (QED) is 0.253. The number of hydrogen-bond acceptors (Lipinski definition) is 3. The van der Waals surface area contributed by atoms with E-state index in [0.29, 0.717) is 5.75 Å². The van der Waals surface area contributed by atoms with Crippen molar-refractivity contribution < 1.29 is 14.9 Å². The molecule has 0 saturated carbocycles. The summed E-state index contributed by atoms with van der Waals surface area (Å²) in [4.78, 5) is 0. The third-order valence-corrected chi connectivity index (χ3v) is 5.42. The summed E-state index contributed by atoms with van der Waals surface area (Å²) in [6.07, 6.45) is 15.4. The average molecular weight is 365 g/mol. The van der Waals surface area contributed by atoms with Gasteiger partial charge in [0.2, 0.25) is 5.75 Å². The number of hydrogen-bond donors (Lipinski definition) is 2. The zero-order valence-electron chi connectivity index (χ0n) is 17.2. The SMILES string of the molecule is CCCCCCCC(CC)(CCCCCCC)Oc1cccc(O)c1O. The first-order chi connectivity index (χ1) is 12.6. The Labute approximate surface area is 160 Å². The molecule has 0 aliphatic carbocycles. The van der Waals surface area contributed by atoms with Gasteiger partial charge in [-0.3, -0.25) is 0 Å². The minimum absolute atomic E-state index is 0.113. The van der Waals surface area contributed by atoms with Gasteiger partial charge in [-0.25, -0.2) is 0 Å². The molecule has 3 nitrogen and oxygen atoms in total. The third kappa shape index (κ3) is 7.88. The van der Waals surface area contributed by atoms with Crippen LogP contribution in [0.5, 0.6) is 17.2 Å². The second-order valence-electron chi connectivity index (χ2n) is 7.59.